The number of amides is 3. The fourth-order valence-corrected chi connectivity index (χ4v) is 4.68. The molecule has 0 aliphatic carbocycles. The summed E-state index contributed by atoms with van der Waals surface area (Å²) in [6.45, 7) is 0.319. The molecule has 2 aliphatic rings. The molecule has 10 heteroatoms. The number of H-pyrrole nitrogens is 1. The maximum Gasteiger partial charge on any atom is 0.254 e. The number of imide groups is 1. The average Bonchev–Trinajstić information content (AvgIpc) is 3.61. The standard InChI is InChI=1S/C24H19N5O5/c1-33-15-3-2-13-11-29(22(31)16(13)6-15)12-24(8-21(30)28-23(24)32)20-7-18-19(34-20)5-4-17(27-18)14-9-25-26-10-14/h2-7,9-10H,8,11-12H2,1H3,(H,25,26)(H,28,30,32)/t24-/m1/s1. The van der Waals surface area contributed by atoms with Gasteiger partial charge in [0.1, 0.15) is 22.4 Å². The Balaban J connectivity index is 1.39. The molecule has 2 N–H and O–H groups in total. The van der Waals surface area contributed by atoms with E-state index < -0.39 is 17.2 Å². The number of aromatic amines is 1. The predicted octanol–water partition coefficient (Wildman–Crippen LogP) is 2.17. The monoisotopic (exact) mass is 457 g/mol. The van der Waals surface area contributed by atoms with Crippen LogP contribution in [0.2, 0.25) is 0 Å². The van der Waals surface area contributed by atoms with Gasteiger partial charge in [-0.1, -0.05) is 6.07 Å². The highest BCUT2D eigenvalue weighted by Gasteiger charge is 2.53. The van der Waals surface area contributed by atoms with Gasteiger partial charge in [0.2, 0.25) is 11.8 Å². The number of carbonyl (C=O) groups is 3. The molecule has 1 aromatic carbocycles. The van der Waals surface area contributed by atoms with Crippen LogP contribution >= 0.6 is 0 Å². The van der Waals surface area contributed by atoms with Gasteiger partial charge in [-0.15, -0.1) is 0 Å². The molecule has 2 aliphatic heterocycles. The number of ether oxygens (including phenoxy) is 1. The van der Waals surface area contributed by atoms with Crippen LogP contribution in [0.3, 0.4) is 0 Å². The maximum absolute atomic E-state index is 13.2. The molecule has 4 aromatic rings. The van der Waals surface area contributed by atoms with Crippen LogP contribution in [0.25, 0.3) is 22.4 Å². The third-order valence-electron chi connectivity index (χ3n) is 6.45. The van der Waals surface area contributed by atoms with Crippen LogP contribution in [0.5, 0.6) is 5.75 Å². The number of hydrogen-bond acceptors (Lipinski definition) is 7. The number of pyridine rings is 1. The van der Waals surface area contributed by atoms with E-state index in [9.17, 15) is 14.4 Å². The van der Waals surface area contributed by atoms with Crippen molar-refractivity contribution in [3.8, 4) is 17.0 Å². The van der Waals surface area contributed by atoms with Crippen LogP contribution in [0.4, 0.5) is 0 Å². The molecule has 170 valence electrons. The third kappa shape index (κ3) is 2.99. The van der Waals surface area contributed by atoms with Crippen molar-refractivity contribution in [3.05, 3.63) is 65.7 Å². The first-order valence-corrected chi connectivity index (χ1v) is 10.7. The van der Waals surface area contributed by atoms with Crippen molar-refractivity contribution in [3.63, 3.8) is 0 Å². The molecule has 1 atom stereocenters. The molecule has 1 fully saturated rings. The minimum Gasteiger partial charge on any atom is -0.497 e. The summed E-state index contributed by atoms with van der Waals surface area (Å²) in [5.74, 6) is -0.258. The lowest BCUT2D eigenvalue weighted by Gasteiger charge is -2.28. The Bertz CT molecular complexity index is 1470. The van der Waals surface area contributed by atoms with E-state index in [1.54, 1.807) is 47.6 Å². The SMILES string of the molecule is COc1ccc2c(c1)C(=O)N(C[C@@]1(c3cc4nc(-c5cn[nH]c5)ccc4o3)CC(=O)NC1=O)C2. The summed E-state index contributed by atoms with van der Waals surface area (Å²) >= 11 is 0. The predicted molar refractivity (Wildman–Crippen MR) is 119 cm³/mol. The van der Waals surface area contributed by atoms with Gasteiger partial charge in [0.25, 0.3) is 5.91 Å². The number of carbonyl (C=O) groups excluding carboxylic acids is 3. The zero-order valence-electron chi connectivity index (χ0n) is 18.1. The summed E-state index contributed by atoms with van der Waals surface area (Å²) in [6.07, 6.45) is 3.26. The molecule has 0 saturated carbocycles. The second-order valence-corrected chi connectivity index (χ2v) is 8.50. The van der Waals surface area contributed by atoms with Gasteiger partial charge in [-0.2, -0.15) is 5.10 Å². The zero-order valence-corrected chi connectivity index (χ0v) is 18.1. The zero-order chi connectivity index (χ0) is 23.4. The number of rotatable bonds is 5. The topological polar surface area (TPSA) is 130 Å². The lowest BCUT2D eigenvalue weighted by atomic mass is 9.82. The van der Waals surface area contributed by atoms with Crippen LogP contribution < -0.4 is 10.1 Å². The van der Waals surface area contributed by atoms with E-state index in [1.807, 2.05) is 6.07 Å². The Morgan fingerprint density at radius 1 is 1.18 bits per heavy atom. The molecule has 3 aromatic heterocycles. The second-order valence-electron chi connectivity index (χ2n) is 8.50. The number of hydrogen-bond donors (Lipinski definition) is 2. The Kier molecular flexibility index (Phi) is 4.31. The van der Waals surface area contributed by atoms with E-state index in [1.165, 1.54) is 7.11 Å². The van der Waals surface area contributed by atoms with E-state index in [2.05, 4.69) is 20.5 Å². The molecule has 0 spiro atoms. The van der Waals surface area contributed by atoms with Crippen LogP contribution in [0, 0.1) is 0 Å². The summed E-state index contributed by atoms with van der Waals surface area (Å²) in [6, 6.07) is 10.5. The first-order chi connectivity index (χ1) is 16.5. The van der Waals surface area contributed by atoms with Gasteiger partial charge in [0, 0.05) is 36.5 Å². The highest BCUT2D eigenvalue weighted by Crippen LogP contribution is 2.39. The molecule has 0 radical (unpaired) electrons. The summed E-state index contributed by atoms with van der Waals surface area (Å²) < 4.78 is 11.3. The average molecular weight is 457 g/mol. The summed E-state index contributed by atoms with van der Waals surface area (Å²) in [5, 5.41) is 9.08. The highest BCUT2D eigenvalue weighted by molar-refractivity contribution is 6.10. The first kappa shape index (κ1) is 20.2. The number of nitrogens with one attached hydrogen (secondary N) is 2. The molecule has 0 bridgehead atoms. The normalized spacial score (nSPS) is 19.7. The van der Waals surface area contributed by atoms with Gasteiger partial charge in [0.05, 0.1) is 25.4 Å². The minimum absolute atomic E-state index is 0.00515. The quantitative estimate of drug-likeness (QED) is 0.439. The fourth-order valence-electron chi connectivity index (χ4n) is 4.68. The first-order valence-electron chi connectivity index (χ1n) is 10.7. The molecule has 1 saturated heterocycles. The number of methoxy groups -OCH3 is 1. The van der Waals surface area contributed by atoms with Crippen molar-refractivity contribution in [1.82, 2.24) is 25.4 Å². The fraction of sp³-hybridized carbons (Fsp3) is 0.208. The van der Waals surface area contributed by atoms with Gasteiger partial charge in [-0.25, -0.2) is 4.98 Å². The summed E-state index contributed by atoms with van der Waals surface area (Å²) in [7, 11) is 1.54. The Morgan fingerprint density at radius 2 is 2.06 bits per heavy atom. The van der Waals surface area contributed by atoms with Crippen molar-refractivity contribution >= 4 is 28.8 Å². The minimum atomic E-state index is -1.35. The number of fused-ring (bicyclic) bond motifs is 2. The van der Waals surface area contributed by atoms with E-state index in [0.717, 1.165) is 11.1 Å². The van der Waals surface area contributed by atoms with E-state index >= 15 is 0 Å². The van der Waals surface area contributed by atoms with Gasteiger partial charge < -0.3 is 14.1 Å². The molecule has 34 heavy (non-hydrogen) atoms. The van der Waals surface area contributed by atoms with Gasteiger partial charge >= 0.3 is 0 Å². The van der Waals surface area contributed by atoms with E-state index in [0.29, 0.717) is 40.4 Å². The molecule has 10 nitrogen and oxygen atoms in total. The lowest BCUT2D eigenvalue weighted by Crippen LogP contribution is -2.46. The Labute approximate surface area is 192 Å². The molecular formula is C24H19N5O5. The second kappa shape index (κ2) is 7.27. The van der Waals surface area contributed by atoms with Crippen LogP contribution in [0.1, 0.15) is 28.1 Å². The molecule has 3 amide bonds. The number of nitrogens with zero attached hydrogens (tertiary/aromatic N) is 3. The van der Waals surface area contributed by atoms with Crippen molar-refractivity contribution in [2.24, 2.45) is 0 Å². The summed E-state index contributed by atoms with van der Waals surface area (Å²) in [5.41, 5.74) is 2.53. The van der Waals surface area contributed by atoms with Crippen molar-refractivity contribution < 1.29 is 23.5 Å². The van der Waals surface area contributed by atoms with Gasteiger partial charge in [0.15, 0.2) is 5.58 Å². The van der Waals surface area contributed by atoms with Crippen molar-refractivity contribution in [2.45, 2.75) is 18.4 Å². The molecule has 6 rings (SSSR count). The molecule has 0 unspecified atom stereocenters. The van der Waals surface area contributed by atoms with E-state index in [-0.39, 0.29) is 18.9 Å². The summed E-state index contributed by atoms with van der Waals surface area (Å²) in [4.78, 5) is 44.8. The van der Waals surface area contributed by atoms with Gasteiger partial charge in [-0.05, 0) is 29.8 Å². The van der Waals surface area contributed by atoms with E-state index in [4.69, 9.17) is 9.15 Å². The number of benzene rings is 1. The smallest absolute Gasteiger partial charge is 0.254 e. The van der Waals surface area contributed by atoms with Crippen LogP contribution in [-0.4, -0.2) is 51.5 Å². The maximum atomic E-state index is 13.2. The molecule has 5 heterocycles. The lowest BCUT2D eigenvalue weighted by molar-refractivity contribution is -0.126. The Morgan fingerprint density at radius 3 is 2.79 bits per heavy atom. The molecular weight excluding hydrogens is 438 g/mol. The number of aromatic nitrogens is 3. The van der Waals surface area contributed by atoms with Crippen LogP contribution in [-0.2, 0) is 21.5 Å². The number of furan rings is 1. The highest BCUT2D eigenvalue weighted by atomic mass is 16.5. The van der Waals surface area contributed by atoms with Crippen LogP contribution in [0.15, 0.2) is 53.2 Å². The van der Waals surface area contributed by atoms with Gasteiger partial charge in [-0.3, -0.25) is 24.8 Å². The van der Waals surface area contributed by atoms with Crippen molar-refractivity contribution in [2.75, 3.05) is 13.7 Å². The largest absolute Gasteiger partial charge is 0.497 e. The Hall–Kier alpha value is -4.47. The third-order valence-corrected chi connectivity index (χ3v) is 6.45. The van der Waals surface area contributed by atoms with Crippen molar-refractivity contribution in [1.29, 1.82) is 0 Å².